The molecule has 0 saturated carbocycles. The Bertz CT molecular complexity index is 775. The van der Waals surface area contributed by atoms with E-state index in [2.05, 4.69) is 10.6 Å². The molecule has 0 aliphatic rings. The van der Waals surface area contributed by atoms with Gasteiger partial charge < -0.3 is 15.4 Å². The van der Waals surface area contributed by atoms with Crippen molar-refractivity contribution in [1.29, 1.82) is 0 Å². The Labute approximate surface area is 146 Å². The highest BCUT2D eigenvalue weighted by atomic mass is 16.6. The van der Waals surface area contributed by atoms with Crippen LogP contribution in [-0.2, 0) is 4.79 Å². The van der Waals surface area contributed by atoms with Gasteiger partial charge in [-0.1, -0.05) is 18.2 Å². The normalized spacial score (nSPS) is 10.4. The predicted molar refractivity (Wildman–Crippen MR) is 97.2 cm³/mol. The molecule has 0 heterocycles. The highest BCUT2D eigenvalue weighted by Gasteiger charge is 2.12. The number of hydrogen-bond donors (Lipinski definition) is 2. The van der Waals surface area contributed by atoms with Crippen molar-refractivity contribution in [3.63, 3.8) is 0 Å². The molecule has 7 heteroatoms. The molecule has 25 heavy (non-hydrogen) atoms. The molecule has 2 aromatic rings. The van der Waals surface area contributed by atoms with Crippen LogP contribution in [0.2, 0.25) is 0 Å². The number of non-ortho nitro benzene ring substituents is 1. The molecule has 2 aromatic carbocycles. The van der Waals surface area contributed by atoms with E-state index in [1.54, 1.807) is 13.0 Å². The number of hydrogen-bond acceptors (Lipinski definition) is 5. The number of rotatable bonds is 7. The fraction of sp³-hybridized carbons (Fsp3) is 0.278. The average Bonchev–Trinajstić information content (AvgIpc) is 2.55. The van der Waals surface area contributed by atoms with Crippen LogP contribution in [-0.4, -0.2) is 23.5 Å². The summed E-state index contributed by atoms with van der Waals surface area (Å²) < 4.78 is 5.69. The van der Waals surface area contributed by atoms with Gasteiger partial charge in [-0.15, -0.1) is 0 Å². The summed E-state index contributed by atoms with van der Waals surface area (Å²) in [7, 11) is 0. The maximum Gasteiger partial charge on any atom is 0.271 e. The van der Waals surface area contributed by atoms with E-state index in [9.17, 15) is 14.9 Å². The topological polar surface area (TPSA) is 93.5 Å². The number of para-hydroxylation sites is 2. The number of nitrogens with zero attached hydrogens (tertiary/aromatic N) is 1. The van der Waals surface area contributed by atoms with Gasteiger partial charge in [-0.05, 0) is 38.5 Å². The summed E-state index contributed by atoms with van der Waals surface area (Å²) in [4.78, 5) is 22.5. The highest BCUT2D eigenvalue weighted by Crippen LogP contribution is 2.25. The quantitative estimate of drug-likeness (QED) is 0.590. The van der Waals surface area contributed by atoms with Crippen molar-refractivity contribution in [2.75, 3.05) is 17.2 Å². The molecule has 2 N–H and O–H groups in total. The second-order valence-corrected chi connectivity index (χ2v) is 5.82. The lowest BCUT2D eigenvalue weighted by Gasteiger charge is -2.15. The largest absolute Gasteiger partial charge is 0.489 e. The van der Waals surface area contributed by atoms with Crippen LogP contribution in [0.5, 0.6) is 5.75 Å². The van der Waals surface area contributed by atoms with Gasteiger partial charge in [0.25, 0.3) is 5.69 Å². The van der Waals surface area contributed by atoms with Crippen LogP contribution < -0.4 is 15.4 Å². The summed E-state index contributed by atoms with van der Waals surface area (Å²) in [6.45, 7) is 5.64. The van der Waals surface area contributed by atoms with Gasteiger partial charge in [0, 0.05) is 12.1 Å². The van der Waals surface area contributed by atoms with Gasteiger partial charge in [-0.25, -0.2) is 0 Å². The number of anilines is 2. The van der Waals surface area contributed by atoms with Crippen molar-refractivity contribution < 1.29 is 14.5 Å². The fourth-order valence-corrected chi connectivity index (χ4v) is 2.20. The van der Waals surface area contributed by atoms with E-state index in [0.29, 0.717) is 17.1 Å². The van der Waals surface area contributed by atoms with E-state index in [0.717, 1.165) is 5.56 Å². The van der Waals surface area contributed by atoms with Crippen molar-refractivity contribution in [2.24, 2.45) is 0 Å². The van der Waals surface area contributed by atoms with Crippen LogP contribution in [0.15, 0.2) is 42.5 Å². The first-order valence-corrected chi connectivity index (χ1v) is 7.91. The SMILES string of the molecule is Cc1ccc([N+](=O)[O-])cc1NC(=O)CNc1ccccc1OC(C)C. The van der Waals surface area contributed by atoms with Crippen molar-refractivity contribution in [1.82, 2.24) is 0 Å². The Hall–Kier alpha value is -3.09. The van der Waals surface area contributed by atoms with E-state index >= 15 is 0 Å². The van der Waals surface area contributed by atoms with Gasteiger partial charge in [-0.3, -0.25) is 14.9 Å². The lowest BCUT2D eigenvalue weighted by atomic mass is 10.2. The number of ether oxygens (including phenoxy) is 1. The minimum absolute atomic E-state index is 0.0145. The number of carbonyl (C=O) groups is 1. The third-order valence-corrected chi connectivity index (χ3v) is 3.40. The third kappa shape index (κ3) is 5.20. The Balaban J connectivity index is 2.02. The maximum absolute atomic E-state index is 12.2. The molecule has 0 radical (unpaired) electrons. The molecule has 132 valence electrons. The predicted octanol–water partition coefficient (Wildman–Crippen LogP) is 3.74. The number of nitrogens with one attached hydrogen (secondary N) is 2. The monoisotopic (exact) mass is 343 g/mol. The number of amides is 1. The van der Waals surface area contributed by atoms with Crippen molar-refractivity contribution in [2.45, 2.75) is 26.9 Å². The van der Waals surface area contributed by atoms with E-state index in [4.69, 9.17) is 4.74 Å². The third-order valence-electron chi connectivity index (χ3n) is 3.40. The number of nitro benzene ring substituents is 1. The minimum Gasteiger partial charge on any atom is -0.489 e. The van der Waals surface area contributed by atoms with Crippen LogP contribution in [0.3, 0.4) is 0 Å². The smallest absolute Gasteiger partial charge is 0.271 e. The van der Waals surface area contributed by atoms with Crippen LogP contribution in [0.25, 0.3) is 0 Å². The van der Waals surface area contributed by atoms with Gasteiger partial charge in [0.05, 0.1) is 28.9 Å². The molecular formula is C18H21N3O4. The fourth-order valence-electron chi connectivity index (χ4n) is 2.20. The minimum atomic E-state index is -0.493. The van der Waals surface area contributed by atoms with E-state index in [1.807, 2.05) is 38.1 Å². The average molecular weight is 343 g/mol. The van der Waals surface area contributed by atoms with Crippen molar-refractivity contribution in [3.8, 4) is 5.75 Å². The molecule has 0 fully saturated rings. The molecule has 1 amide bonds. The molecule has 0 unspecified atom stereocenters. The molecule has 0 aromatic heterocycles. The van der Waals surface area contributed by atoms with Gasteiger partial charge in [0.15, 0.2) is 0 Å². The first-order chi connectivity index (χ1) is 11.9. The van der Waals surface area contributed by atoms with E-state index in [1.165, 1.54) is 12.1 Å². The van der Waals surface area contributed by atoms with Crippen LogP contribution in [0.4, 0.5) is 17.1 Å². The molecular weight excluding hydrogens is 322 g/mol. The Morgan fingerprint density at radius 1 is 1.20 bits per heavy atom. The number of nitro groups is 1. The standard InChI is InChI=1S/C18H21N3O4/c1-12(2)25-17-7-5-4-6-15(17)19-11-18(22)20-16-10-14(21(23)24)9-8-13(16)3/h4-10,12,19H,11H2,1-3H3,(H,20,22). The van der Waals surface area contributed by atoms with Crippen LogP contribution >= 0.6 is 0 Å². The second-order valence-electron chi connectivity index (χ2n) is 5.82. The Kier molecular flexibility index (Phi) is 5.94. The molecule has 0 spiro atoms. The lowest BCUT2D eigenvalue weighted by molar-refractivity contribution is -0.384. The number of benzene rings is 2. The van der Waals surface area contributed by atoms with Crippen molar-refractivity contribution >= 4 is 23.0 Å². The molecule has 0 atom stereocenters. The Morgan fingerprint density at radius 2 is 1.92 bits per heavy atom. The summed E-state index contributed by atoms with van der Waals surface area (Å²) in [5.74, 6) is 0.361. The van der Waals surface area contributed by atoms with Crippen molar-refractivity contribution in [3.05, 3.63) is 58.1 Å². The lowest BCUT2D eigenvalue weighted by Crippen LogP contribution is -2.22. The van der Waals surface area contributed by atoms with Gasteiger partial charge >= 0.3 is 0 Å². The van der Waals surface area contributed by atoms with Crippen LogP contribution in [0, 0.1) is 17.0 Å². The molecule has 2 rings (SSSR count). The zero-order chi connectivity index (χ0) is 18.4. The zero-order valence-corrected chi connectivity index (χ0v) is 14.4. The first kappa shape index (κ1) is 18.3. The maximum atomic E-state index is 12.2. The molecule has 0 bridgehead atoms. The second kappa shape index (κ2) is 8.14. The van der Waals surface area contributed by atoms with Gasteiger partial charge in [0.1, 0.15) is 5.75 Å². The van der Waals surface area contributed by atoms with Gasteiger partial charge in [-0.2, -0.15) is 0 Å². The zero-order valence-electron chi connectivity index (χ0n) is 14.4. The summed E-state index contributed by atoms with van der Waals surface area (Å²) in [5.41, 5.74) is 1.82. The number of aryl methyl sites for hydroxylation is 1. The van der Waals surface area contributed by atoms with Crippen LogP contribution in [0.1, 0.15) is 19.4 Å². The van der Waals surface area contributed by atoms with E-state index in [-0.39, 0.29) is 24.2 Å². The summed E-state index contributed by atoms with van der Waals surface area (Å²) >= 11 is 0. The summed E-state index contributed by atoms with van der Waals surface area (Å²) in [6, 6.07) is 11.7. The summed E-state index contributed by atoms with van der Waals surface area (Å²) in [5, 5.41) is 16.6. The number of carbonyl (C=O) groups excluding carboxylic acids is 1. The Morgan fingerprint density at radius 3 is 2.60 bits per heavy atom. The molecule has 0 aliphatic heterocycles. The highest BCUT2D eigenvalue weighted by molar-refractivity contribution is 5.94. The van der Waals surface area contributed by atoms with Gasteiger partial charge in [0.2, 0.25) is 5.91 Å². The molecule has 0 aliphatic carbocycles. The van der Waals surface area contributed by atoms with E-state index < -0.39 is 4.92 Å². The summed E-state index contributed by atoms with van der Waals surface area (Å²) in [6.07, 6.45) is 0.0179. The molecule has 7 nitrogen and oxygen atoms in total. The first-order valence-electron chi connectivity index (χ1n) is 7.91. The molecule has 0 saturated heterocycles.